The molecule has 5 N–H and O–H groups in total. The van der Waals surface area contributed by atoms with Crippen LogP contribution in [0.1, 0.15) is 20.3 Å². The van der Waals surface area contributed by atoms with Gasteiger partial charge in [-0.1, -0.05) is 20.3 Å². The summed E-state index contributed by atoms with van der Waals surface area (Å²) in [5.74, 6) is -0.252. The molecule has 13 heavy (non-hydrogen) atoms. The second-order valence-corrected chi connectivity index (χ2v) is 3.14. The third-order valence-corrected chi connectivity index (χ3v) is 2.02. The number of amides is 1. The Bertz CT molecular complexity index is 166. The molecule has 0 aliphatic carbocycles. The summed E-state index contributed by atoms with van der Waals surface area (Å²) in [6.07, 6.45) is 0.638. The van der Waals surface area contributed by atoms with Gasteiger partial charge < -0.3 is 21.1 Å². The lowest BCUT2D eigenvalue weighted by atomic mass is 9.91. The van der Waals surface area contributed by atoms with Gasteiger partial charge in [0.2, 0.25) is 5.91 Å². The molecule has 1 amide bonds. The Balaban J connectivity index is 3.82. The van der Waals surface area contributed by atoms with Crippen LogP contribution in [0.25, 0.3) is 0 Å². The molecule has 0 saturated heterocycles. The van der Waals surface area contributed by atoms with Crippen LogP contribution in [0.5, 0.6) is 0 Å². The van der Waals surface area contributed by atoms with E-state index in [2.05, 4.69) is 5.32 Å². The highest BCUT2D eigenvalue weighted by atomic mass is 16.4. The number of nitrogens with two attached hydrogens (primary N) is 1. The van der Waals surface area contributed by atoms with Gasteiger partial charge in [-0.3, -0.25) is 4.79 Å². The second-order valence-electron chi connectivity index (χ2n) is 3.14. The van der Waals surface area contributed by atoms with Crippen LogP contribution in [0.3, 0.4) is 0 Å². The zero-order valence-electron chi connectivity index (χ0n) is 8.03. The Kier molecular flexibility index (Phi) is 5.69. The molecular weight excluding hydrogens is 171 g/mol. The molecule has 5 nitrogen and oxygen atoms in total. The largest absolute Gasteiger partial charge is 0.472 e. The van der Waals surface area contributed by atoms with Crippen molar-refractivity contribution in [2.24, 2.45) is 11.7 Å². The quantitative estimate of drug-likeness (QED) is 0.394. The van der Waals surface area contributed by atoms with E-state index >= 15 is 0 Å². The molecule has 6 heteroatoms. The Morgan fingerprint density at radius 3 is 2.54 bits per heavy atom. The standard InChI is InChI=1S/C7H17BN2O3/c1-3-5(2)6(9)7(11)10-4-8(12)13/h5-6,12-13H,3-4,9H2,1-2H3,(H,10,11)/t5-,6-/m0/s1. The van der Waals surface area contributed by atoms with Crippen LogP contribution < -0.4 is 11.1 Å². The minimum absolute atomic E-state index is 0.0934. The van der Waals surface area contributed by atoms with E-state index < -0.39 is 13.2 Å². The predicted molar refractivity (Wildman–Crippen MR) is 50.6 cm³/mol. The Labute approximate surface area is 78.5 Å². The molecule has 0 aromatic carbocycles. The number of carbonyl (C=O) groups is 1. The summed E-state index contributed by atoms with van der Waals surface area (Å²) >= 11 is 0. The van der Waals surface area contributed by atoms with Crippen molar-refractivity contribution in [3.63, 3.8) is 0 Å². The lowest BCUT2D eigenvalue weighted by Crippen LogP contribution is -2.47. The van der Waals surface area contributed by atoms with Crippen molar-refractivity contribution in [2.75, 3.05) is 6.44 Å². The van der Waals surface area contributed by atoms with Crippen LogP contribution in [-0.4, -0.2) is 35.6 Å². The van der Waals surface area contributed by atoms with E-state index in [4.69, 9.17) is 15.8 Å². The van der Waals surface area contributed by atoms with Crippen molar-refractivity contribution >= 4 is 13.0 Å². The molecule has 0 bridgehead atoms. The van der Waals surface area contributed by atoms with E-state index in [1.807, 2.05) is 13.8 Å². The molecular formula is C7H17BN2O3. The van der Waals surface area contributed by atoms with Crippen molar-refractivity contribution in [1.29, 1.82) is 0 Å². The molecule has 0 aliphatic rings. The number of carbonyl (C=O) groups excluding carboxylic acids is 1. The highest BCUT2D eigenvalue weighted by Gasteiger charge is 2.20. The van der Waals surface area contributed by atoms with Gasteiger partial charge in [0.05, 0.1) is 12.5 Å². The van der Waals surface area contributed by atoms with Crippen molar-refractivity contribution in [2.45, 2.75) is 26.3 Å². The normalized spacial score (nSPS) is 14.8. The van der Waals surface area contributed by atoms with Crippen molar-refractivity contribution in [3.05, 3.63) is 0 Å². The van der Waals surface area contributed by atoms with Gasteiger partial charge in [-0.15, -0.1) is 0 Å². The summed E-state index contributed by atoms with van der Waals surface area (Å²) in [6, 6.07) is -0.580. The Morgan fingerprint density at radius 2 is 2.15 bits per heavy atom. The number of nitrogens with one attached hydrogen (secondary N) is 1. The predicted octanol–water partition coefficient (Wildman–Crippen LogP) is -1.51. The third-order valence-electron chi connectivity index (χ3n) is 2.02. The summed E-state index contributed by atoms with van der Waals surface area (Å²) in [5, 5.41) is 19.3. The zero-order chi connectivity index (χ0) is 10.4. The van der Waals surface area contributed by atoms with Crippen molar-refractivity contribution < 1.29 is 14.8 Å². The second kappa shape index (κ2) is 5.96. The van der Waals surface area contributed by atoms with Gasteiger partial charge >= 0.3 is 7.12 Å². The SMILES string of the molecule is CC[C@H](C)[C@H](N)C(=O)NCB(O)O. The molecule has 0 radical (unpaired) electrons. The maximum absolute atomic E-state index is 11.2. The molecule has 0 unspecified atom stereocenters. The monoisotopic (exact) mass is 188 g/mol. The molecule has 0 aromatic rings. The van der Waals surface area contributed by atoms with Gasteiger partial charge in [0, 0.05) is 0 Å². The summed E-state index contributed by atoms with van der Waals surface area (Å²) in [7, 11) is -1.52. The van der Waals surface area contributed by atoms with Crippen LogP contribution in [0, 0.1) is 5.92 Å². The lowest BCUT2D eigenvalue weighted by molar-refractivity contribution is -0.123. The maximum Gasteiger partial charge on any atom is 0.472 e. The van der Waals surface area contributed by atoms with Gasteiger partial charge in [-0.25, -0.2) is 0 Å². The summed E-state index contributed by atoms with van der Waals surface area (Å²) < 4.78 is 0. The molecule has 0 rings (SSSR count). The van der Waals surface area contributed by atoms with E-state index in [0.717, 1.165) is 6.42 Å². The van der Waals surface area contributed by atoms with Gasteiger partial charge in [0.15, 0.2) is 0 Å². The van der Waals surface area contributed by atoms with Crippen LogP contribution in [0.2, 0.25) is 0 Å². The fourth-order valence-corrected chi connectivity index (χ4v) is 0.822. The summed E-state index contributed by atoms with van der Waals surface area (Å²) in [5.41, 5.74) is 5.58. The number of hydrogen-bond donors (Lipinski definition) is 4. The molecule has 0 saturated carbocycles. The van der Waals surface area contributed by atoms with Gasteiger partial charge in [-0.2, -0.15) is 0 Å². The first-order chi connectivity index (χ1) is 5.99. The van der Waals surface area contributed by atoms with Gasteiger partial charge in [-0.05, 0) is 5.92 Å². The first-order valence-electron chi connectivity index (χ1n) is 4.38. The Hall–Kier alpha value is -0.585. The maximum atomic E-state index is 11.2. The molecule has 0 spiro atoms. The smallest absolute Gasteiger partial charge is 0.426 e. The van der Waals surface area contributed by atoms with E-state index in [0.29, 0.717) is 0 Å². The van der Waals surface area contributed by atoms with Crippen LogP contribution in [0.4, 0.5) is 0 Å². The minimum atomic E-state index is -1.52. The highest BCUT2D eigenvalue weighted by molar-refractivity contribution is 6.41. The van der Waals surface area contributed by atoms with Crippen molar-refractivity contribution in [1.82, 2.24) is 5.32 Å². The van der Waals surface area contributed by atoms with E-state index in [1.165, 1.54) is 0 Å². The topological polar surface area (TPSA) is 95.6 Å². The lowest BCUT2D eigenvalue weighted by Gasteiger charge is -2.17. The fourth-order valence-electron chi connectivity index (χ4n) is 0.822. The highest BCUT2D eigenvalue weighted by Crippen LogP contribution is 2.04. The van der Waals surface area contributed by atoms with Crippen LogP contribution in [-0.2, 0) is 4.79 Å². The van der Waals surface area contributed by atoms with Gasteiger partial charge in [0.25, 0.3) is 0 Å². The molecule has 0 heterocycles. The first-order valence-corrected chi connectivity index (χ1v) is 4.38. The zero-order valence-corrected chi connectivity index (χ0v) is 8.03. The number of hydrogen-bond acceptors (Lipinski definition) is 4. The Morgan fingerprint density at radius 1 is 1.62 bits per heavy atom. The third kappa shape index (κ3) is 4.87. The van der Waals surface area contributed by atoms with E-state index in [-0.39, 0.29) is 18.3 Å². The molecule has 76 valence electrons. The molecule has 0 aliphatic heterocycles. The van der Waals surface area contributed by atoms with Crippen LogP contribution in [0.15, 0.2) is 0 Å². The molecule has 0 fully saturated rings. The average molecular weight is 188 g/mol. The van der Waals surface area contributed by atoms with Crippen LogP contribution >= 0.6 is 0 Å². The number of rotatable bonds is 5. The van der Waals surface area contributed by atoms with E-state index in [9.17, 15) is 4.79 Å². The van der Waals surface area contributed by atoms with E-state index in [1.54, 1.807) is 0 Å². The average Bonchev–Trinajstić information content (AvgIpc) is 2.11. The molecule has 0 aromatic heterocycles. The molecule has 2 atom stereocenters. The van der Waals surface area contributed by atoms with Gasteiger partial charge in [0.1, 0.15) is 0 Å². The fraction of sp³-hybridized carbons (Fsp3) is 0.857. The summed E-state index contributed by atoms with van der Waals surface area (Å²) in [4.78, 5) is 11.2. The van der Waals surface area contributed by atoms with Crippen molar-refractivity contribution in [3.8, 4) is 0 Å². The summed E-state index contributed by atoms with van der Waals surface area (Å²) in [6.45, 7) is 3.82. The minimum Gasteiger partial charge on any atom is -0.426 e. The first kappa shape index (κ1) is 12.4.